The lowest BCUT2D eigenvalue weighted by Crippen LogP contribution is -2.14. The van der Waals surface area contributed by atoms with Crippen LogP contribution in [0.15, 0.2) is 29.2 Å². The van der Waals surface area contributed by atoms with Crippen molar-refractivity contribution < 1.29 is 8.42 Å². The number of rotatable bonds is 2. The second kappa shape index (κ2) is 4.60. The van der Waals surface area contributed by atoms with Gasteiger partial charge < -0.3 is 5.73 Å². The fourth-order valence-electron chi connectivity index (χ4n) is 1.85. The predicted molar refractivity (Wildman–Crippen MR) is 72.7 cm³/mol. The second-order valence-electron chi connectivity index (χ2n) is 4.24. The highest BCUT2D eigenvalue weighted by atomic mass is 32.2. The molecule has 2 aromatic rings. The van der Waals surface area contributed by atoms with Gasteiger partial charge in [-0.3, -0.25) is 0 Å². The van der Waals surface area contributed by atoms with Gasteiger partial charge in [-0.15, -0.1) is 0 Å². The molecular formula is C12H14N4O2S. The summed E-state index contributed by atoms with van der Waals surface area (Å²) in [6.07, 6.45) is 0. The first kappa shape index (κ1) is 13.4. The third kappa shape index (κ3) is 2.88. The number of nitrogen functional groups attached to an aromatic ring is 1. The third-order valence-electron chi connectivity index (χ3n) is 2.55. The molecule has 6 nitrogen and oxygen atoms in total. The van der Waals surface area contributed by atoms with Crippen LogP contribution in [0.1, 0.15) is 11.5 Å². The van der Waals surface area contributed by atoms with Gasteiger partial charge in [0.15, 0.2) is 0 Å². The number of aryl methyl sites for hydroxylation is 2. The number of sulfonamides is 1. The van der Waals surface area contributed by atoms with E-state index in [0.29, 0.717) is 22.8 Å². The monoisotopic (exact) mass is 278 g/mol. The molecule has 0 bridgehead atoms. The third-order valence-corrected chi connectivity index (χ3v) is 3.52. The Morgan fingerprint density at radius 1 is 1.11 bits per heavy atom. The average molecular weight is 278 g/mol. The lowest BCUT2D eigenvalue weighted by molar-refractivity contribution is 0.598. The van der Waals surface area contributed by atoms with Crippen LogP contribution >= 0.6 is 0 Å². The summed E-state index contributed by atoms with van der Waals surface area (Å²) in [5.74, 6) is 0.554. The van der Waals surface area contributed by atoms with Crippen LogP contribution in [0.4, 0.5) is 5.69 Å². The van der Waals surface area contributed by atoms with E-state index in [2.05, 4.69) is 9.97 Å². The van der Waals surface area contributed by atoms with E-state index in [0.717, 1.165) is 5.69 Å². The first-order valence-electron chi connectivity index (χ1n) is 5.52. The zero-order valence-corrected chi connectivity index (χ0v) is 11.4. The minimum atomic E-state index is -3.84. The molecule has 0 spiro atoms. The van der Waals surface area contributed by atoms with E-state index in [-0.39, 0.29) is 4.90 Å². The van der Waals surface area contributed by atoms with Crippen molar-refractivity contribution in [3.63, 3.8) is 0 Å². The van der Waals surface area contributed by atoms with E-state index < -0.39 is 10.0 Å². The number of anilines is 1. The molecule has 0 saturated carbocycles. The Balaban J connectivity index is 2.77. The molecule has 0 saturated heterocycles. The first-order chi connectivity index (χ1) is 8.77. The van der Waals surface area contributed by atoms with Crippen molar-refractivity contribution in [2.24, 2.45) is 5.14 Å². The predicted octanol–water partition coefficient (Wildman–Crippen LogP) is 0.990. The number of nitrogens with two attached hydrogens (primary N) is 2. The van der Waals surface area contributed by atoms with Crippen LogP contribution in [0.2, 0.25) is 0 Å². The van der Waals surface area contributed by atoms with Crippen molar-refractivity contribution in [3.8, 4) is 11.3 Å². The van der Waals surface area contributed by atoms with E-state index in [1.165, 1.54) is 12.1 Å². The lowest BCUT2D eigenvalue weighted by Gasteiger charge is -2.09. The molecule has 0 aliphatic heterocycles. The molecule has 0 atom stereocenters. The van der Waals surface area contributed by atoms with E-state index >= 15 is 0 Å². The fourth-order valence-corrected chi connectivity index (χ4v) is 2.58. The van der Waals surface area contributed by atoms with Crippen LogP contribution in [-0.4, -0.2) is 18.4 Å². The van der Waals surface area contributed by atoms with Gasteiger partial charge in [-0.05, 0) is 38.1 Å². The molecule has 0 aliphatic carbocycles. The molecule has 2 rings (SSSR count). The smallest absolute Gasteiger partial charge is 0.238 e. The number of nitrogens with zero attached hydrogens (tertiary/aromatic N) is 2. The normalized spacial score (nSPS) is 11.5. The summed E-state index contributed by atoms with van der Waals surface area (Å²) in [7, 11) is -3.84. The molecule has 0 fully saturated rings. The molecule has 4 N–H and O–H groups in total. The van der Waals surface area contributed by atoms with Gasteiger partial charge in [0.1, 0.15) is 5.82 Å². The summed E-state index contributed by atoms with van der Waals surface area (Å²) in [6.45, 7) is 3.54. The quantitative estimate of drug-likeness (QED) is 0.795. The molecule has 0 aliphatic rings. The van der Waals surface area contributed by atoms with Gasteiger partial charge in [-0.1, -0.05) is 0 Å². The van der Waals surface area contributed by atoms with Crippen molar-refractivity contribution in [1.29, 1.82) is 0 Å². The number of aromatic nitrogens is 2. The Labute approximate surface area is 111 Å². The zero-order chi connectivity index (χ0) is 14.2. The van der Waals surface area contributed by atoms with E-state index in [9.17, 15) is 8.42 Å². The molecule has 0 unspecified atom stereocenters. The van der Waals surface area contributed by atoms with E-state index in [4.69, 9.17) is 10.9 Å². The van der Waals surface area contributed by atoms with Crippen molar-refractivity contribution in [2.45, 2.75) is 18.7 Å². The number of primary sulfonamides is 1. The van der Waals surface area contributed by atoms with Gasteiger partial charge >= 0.3 is 0 Å². The molecule has 7 heteroatoms. The van der Waals surface area contributed by atoms with Crippen molar-refractivity contribution in [1.82, 2.24) is 9.97 Å². The van der Waals surface area contributed by atoms with Crippen LogP contribution < -0.4 is 10.9 Å². The average Bonchev–Trinajstić information content (AvgIpc) is 2.25. The summed E-state index contributed by atoms with van der Waals surface area (Å²) >= 11 is 0. The van der Waals surface area contributed by atoms with Crippen LogP contribution in [0.25, 0.3) is 11.3 Å². The molecule has 1 aromatic heterocycles. The Bertz CT molecular complexity index is 721. The van der Waals surface area contributed by atoms with E-state index in [1.54, 1.807) is 26.0 Å². The van der Waals surface area contributed by atoms with Crippen LogP contribution in [-0.2, 0) is 10.0 Å². The molecule has 0 amide bonds. The zero-order valence-electron chi connectivity index (χ0n) is 10.6. The van der Waals surface area contributed by atoms with Crippen LogP contribution in [0.3, 0.4) is 0 Å². The fraction of sp³-hybridized carbons (Fsp3) is 0.167. The van der Waals surface area contributed by atoms with Gasteiger partial charge in [0.25, 0.3) is 0 Å². The maximum absolute atomic E-state index is 11.6. The highest BCUT2D eigenvalue weighted by Gasteiger charge is 2.17. The Hall–Kier alpha value is -1.99. The van der Waals surface area contributed by atoms with Crippen molar-refractivity contribution in [2.75, 3.05) is 5.73 Å². The Kier molecular flexibility index (Phi) is 3.25. The lowest BCUT2D eigenvalue weighted by atomic mass is 10.1. The Morgan fingerprint density at radius 3 is 2.37 bits per heavy atom. The molecule has 1 aromatic carbocycles. The van der Waals surface area contributed by atoms with Gasteiger partial charge in [-0.25, -0.2) is 23.5 Å². The van der Waals surface area contributed by atoms with Crippen LogP contribution in [0.5, 0.6) is 0 Å². The number of benzene rings is 1. The topological polar surface area (TPSA) is 112 Å². The SMILES string of the molecule is Cc1cc(-c2cc(N)ccc2S(N)(=O)=O)nc(C)n1. The highest BCUT2D eigenvalue weighted by Crippen LogP contribution is 2.27. The molecule has 0 radical (unpaired) electrons. The van der Waals surface area contributed by atoms with Gasteiger partial charge in [0, 0.05) is 16.9 Å². The van der Waals surface area contributed by atoms with Gasteiger partial charge in [0.05, 0.1) is 10.6 Å². The van der Waals surface area contributed by atoms with Crippen molar-refractivity contribution in [3.05, 3.63) is 35.8 Å². The summed E-state index contributed by atoms with van der Waals surface area (Å²) in [6, 6.07) is 6.11. The minimum Gasteiger partial charge on any atom is -0.399 e. The molecule has 1 heterocycles. The number of hydrogen-bond acceptors (Lipinski definition) is 5. The maximum Gasteiger partial charge on any atom is 0.238 e. The van der Waals surface area contributed by atoms with Gasteiger partial charge in [-0.2, -0.15) is 0 Å². The number of hydrogen-bond donors (Lipinski definition) is 2. The molecular weight excluding hydrogens is 264 g/mol. The summed E-state index contributed by atoms with van der Waals surface area (Å²) in [4.78, 5) is 8.38. The van der Waals surface area contributed by atoms with E-state index in [1.807, 2.05) is 0 Å². The van der Waals surface area contributed by atoms with Gasteiger partial charge in [0.2, 0.25) is 10.0 Å². The highest BCUT2D eigenvalue weighted by molar-refractivity contribution is 7.89. The molecule has 100 valence electrons. The maximum atomic E-state index is 11.6. The Morgan fingerprint density at radius 2 is 1.79 bits per heavy atom. The summed E-state index contributed by atoms with van der Waals surface area (Å²) in [5.41, 5.74) is 7.76. The summed E-state index contributed by atoms with van der Waals surface area (Å²) in [5, 5.41) is 5.21. The second-order valence-corrected chi connectivity index (χ2v) is 5.77. The van der Waals surface area contributed by atoms with Crippen LogP contribution in [0, 0.1) is 13.8 Å². The first-order valence-corrected chi connectivity index (χ1v) is 7.07. The standard InChI is InChI=1S/C12H14N4O2S/c1-7-5-11(16-8(2)15-7)10-6-9(13)3-4-12(10)19(14,17)18/h3-6H,13H2,1-2H3,(H2,14,17,18). The molecule has 19 heavy (non-hydrogen) atoms. The summed E-state index contributed by atoms with van der Waals surface area (Å²) < 4.78 is 23.2. The largest absolute Gasteiger partial charge is 0.399 e. The minimum absolute atomic E-state index is 0.000741. The van der Waals surface area contributed by atoms with Crippen molar-refractivity contribution >= 4 is 15.7 Å².